The van der Waals surface area contributed by atoms with Gasteiger partial charge in [0.15, 0.2) is 5.82 Å². The largest absolute Gasteiger partial charge is 0.370 e. The van der Waals surface area contributed by atoms with E-state index in [9.17, 15) is 4.79 Å². The third kappa shape index (κ3) is 4.06. The highest BCUT2D eigenvalue weighted by Gasteiger charge is 2.16. The molecule has 0 aliphatic heterocycles. The summed E-state index contributed by atoms with van der Waals surface area (Å²) in [5.41, 5.74) is -0.516. The molecule has 0 aliphatic carbocycles. The van der Waals surface area contributed by atoms with Crippen LogP contribution in [0.4, 0.5) is 0 Å². The second-order valence-electron chi connectivity index (χ2n) is 5.19. The van der Waals surface area contributed by atoms with Crippen LogP contribution < -0.4 is 5.56 Å². The number of nitrogens with zero attached hydrogens (tertiary/aromatic N) is 4. The quantitative estimate of drug-likeness (QED) is 0.799. The molecule has 0 bridgehead atoms. The minimum Gasteiger partial charge on any atom is -0.370 e. The highest BCUT2D eigenvalue weighted by atomic mass is 35.5. The number of aromatic nitrogens is 4. The van der Waals surface area contributed by atoms with Crippen LogP contribution in [0.2, 0.25) is 10.0 Å². The number of hydrogen-bond donors (Lipinski definition) is 0. The molecule has 0 N–H and O–H groups in total. The van der Waals surface area contributed by atoms with Crippen molar-refractivity contribution in [3.05, 3.63) is 38.3 Å². The molecule has 7 nitrogen and oxygen atoms in total. The van der Waals surface area contributed by atoms with Crippen molar-refractivity contribution in [1.82, 2.24) is 19.9 Å². The summed E-state index contributed by atoms with van der Waals surface area (Å²) in [7, 11) is 0. The number of ether oxygens (including phenoxy) is 1. The van der Waals surface area contributed by atoms with Crippen LogP contribution in [0.25, 0.3) is 0 Å². The van der Waals surface area contributed by atoms with E-state index in [1.54, 1.807) is 0 Å². The lowest BCUT2D eigenvalue weighted by atomic mass is 10.2. The molecule has 9 heteroatoms. The zero-order chi connectivity index (χ0) is 16.3. The molecule has 1 unspecified atom stereocenters. The predicted octanol–water partition coefficient (Wildman–Crippen LogP) is 2.72. The van der Waals surface area contributed by atoms with Gasteiger partial charge in [0.05, 0.1) is 11.2 Å². The van der Waals surface area contributed by atoms with Crippen molar-refractivity contribution in [2.45, 2.75) is 33.4 Å². The molecule has 0 saturated heterocycles. The van der Waals surface area contributed by atoms with Crippen molar-refractivity contribution in [3.8, 4) is 0 Å². The van der Waals surface area contributed by atoms with Gasteiger partial charge in [-0.2, -0.15) is 10.1 Å². The molecule has 2 aromatic heterocycles. The Labute approximate surface area is 137 Å². The lowest BCUT2D eigenvalue weighted by molar-refractivity contribution is 0.0402. The van der Waals surface area contributed by atoms with Crippen LogP contribution in [0, 0.1) is 5.92 Å². The van der Waals surface area contributed by atoms with Crippen LogP contribution in [0.3, 0.4) is 0 Å². The SMILES string of the molecule is CC(C)COC(C)c1noc(Cn2ncc(Cl)c(Cl)c2=O)n1. The summed E-state index contributed by atoms with van der Waals surface area (Å²) in [6.07, 6.45) is 0.995. The van der Waals surface area contributed by atoms with Gasteiger partial charge in [-0.25, -0.2) is 4.68 Å². The van der Waals surface area contributed by atoms with Crippen molar-refractivity contribution in [2.75, 3.05) is 6.61 Å². The van der Waals surface area contributed by atoms with Gasteiger partial charge in [0.2, 0.25) is 5.89 Å². The van der Waals surface area contributed by atoms with Crippen LogP contribution in [-0.2, 0) is 11.3 Å². The van der Waals surface area contributed by atoms with Gasteiger partial charge in [-0.1, -0.05) is 42.2 Å². The normalized spacial score (nSPS) is 12.8. The van der Waals surface area contributed by atoms with Crippen molar-refractivity contribution in [3.63, 3.8) is 0 Å². The Bertz CT molecular complexity index is 699. The van der Waals surface area contributed by atoms with E-state index in [2.05, 4.69) is 29.1 Å². The highest BCUT2D eigenvalue weighted by Crippen LogP contribution is 2.16. The maximum atomic E-state index is 11.9. The molecule has 0 fully saturated rings. The monoisotopic (exact) mass is 346 g/mol. The third-order valence-electron chi connectivity index (χ3n) is 2.75. The van der Waals surface area contributed by atoms with E-state index in [1.807, 2.05) is 6.92 Å². The standard InChI is InChI=1S/C13H16Cl2N4O3/c1-7(2)6-21-8(3)12-17-10(22-18-12)5-19-13(20)11(15)9(14)4-16-19/h4,7-8H,5-6H2,1-3H3. The first-order chi connectivity index (χ1) is 10.4. The molecule has 2 aromatic rings. The summed E-state index contributed by atoms with van der Waals surface area (Å²) in [4.78, 5) is 16.1. The summed E-state index contributed by atoms with van der Waals surface area (Å²) in [5.74, 6) is 1.07. The third-order valence-corrected chi connectivity index (χ3v) is 3.50. The fourth-order valence-corrected chi connectivity index (χ4v) is 1.87. The molecule has 0 saturated carbocycles. The van der Waals surface area contributed by atoms with Gasteiger partial charge < -0.3 is 9.26 Å². The molecule has 1 atom stereocenters. The minimum atomic E-state index is -0.516. The Morgan fingerprint density at radius 3 is 2.77 bits per heavy atom. The second-order valence-corrected chi connectivity index (χ2v) is 5.97. The van der Waals surface area contributed by atoms with E-state index < -0.39 is 5.56 Å². The van der Waals surface area contributed by atoms with Crippen molar-refractivity contribution in [1.29, 1.82) is 0 Å². The molecule has 2 rings (SSSR count). The predicted molar refractivity (Wildman–Crippen MR) is 81.1 cm³/mol. The Morgan fingerprint density at radius 2 is 2.09 bits per heavy atom. The van der Waals surface area contributed by atoms with Gasteiger partial charge in [0, 0.05) is 6.61 Å². The number of halogens is 2. The van der Waals surface area contributed by atoms with Crippen LogP contribution in [0.1, 0.15) is 38.6 Å². The summed E-state index contributed by atoms with van der Waals surface area (Å²) in [5, 5.41) is 7.73. The Kier molecular flexibility index (Phi) is 5.55. The summed E-state index contributed by atoms with van der Waals surface area (Å²) >= 11 is 11.5. The zero-order valence-electron chi connectivity index (χ0n) is 12.4. The lowest BCUT2D eigenvalue weighted by Crippen LogP contribution is -2.23. The van der Waals surface area contributed by atoms with Gasteiger partial charge in [-0.05, 0) is 12.8 Å². The number of hydrogen-bond acceptors (Lipinski definition) is 6. The number of rotatable bonds is 6. The molecule has 22 heavy (non-hydrogen) atoms. The lowest BCUT2D eigenvalue weighted by Gasteiger charge is -2.10. The van der Waals surface area contributed by atoms with Crippen molar-refractivity contribution >= 4 is 23.2 Å². The van der Waals surface area contributed by atoms with Crippen LogP contribution in [0.15, 0.2) is 15.5 Å². The minimum absolute atomic E-state index is 0.0135. The molecule has 0 aliphatic rings. The fourth-order valence-electron chi connectivity index (χ4n) is 1.59. The summed E-state index contributed by atoms with van der Waals surface area (Å²) in [6.45, 7) is 6.55. The zero-order valence-corrected chi connectivity index (χ0v) is 13.9. The highest BCUT2D eigenvalue weighted by molar-refractivity contribution is 6.41. The Morgan fingerprint density at radius 1 is 1.36 bits per heavy atom. The molecule has 2 heterocycles. The fraction of sp³-hybridized carbons (Fsp3) is 0.538. The topological polar surface area (TPSA) is 83.0 Å². The van der Waals surface area contributed by atoms with Gasteiger partial charge >= 0.3 is 0 Å². The van der Waals surface area contributed by atoms with Gasteiger partial charge in [-0.15, -0.1) is 0 Å². The van der Waals surface area contributed by atoms with E-state index in [0.717, 1.165) is 4.68 Å². The van der Waals surface area contributed by atoms with E-state index >= 15 is 0 Å². The van der Waals surface area contributed by atoms with Crippen LogP contribution in [-0.4, -0.2) is 26.5 Å². The molecule has 120 valence electrons. The Hall–Kier alpha value is -1.44. The molecule has 0 amide bonds. The van der Waals surface area contributed by atoms with Gasteiger partial charge in [0.25, 0.3) is 5.56 Å². The van der Waals surface area contributed by atoms with E-state index in [0.29, 0.717) is 18.3 Å². The Balaban J connectivity index is 2.09. The smallest absolute Gasteiger partial charge is 0.287 e. The van der Waals surface area contributed by atoms with E-state index in [-0.39, 0.29) is 28.6 Å². The maximum Gasteiger partial charge on any atom is 0.287 e. The maximum absolute atomic E-state index is 11.9. The van der Waals surface area contributed by atoms with Crippen LogP contribution >= 0.6 is 23.2 Å². The first-order valence-corrected chi connectivity index (χ1v) is 7.49. The van der Waals surface area contributed by atoms with Gasteiger partial charge in [0.1, 0.15) is 17.7 Å². The average molecular weight is 347 g/mol. The van der Waals surface area contributed by atoms with E-state index in [1.165, 1.54) is 6.20 Å². The molecule has 0 aromatic carbocycles. The summed E-state index contributed by atoms with van der Waals surface area (Å²) in [6, 6.07) is 0. The van der Waals surface area contributed by atoms with Crippen LogP contribution in [0.5, 0.6) is 0 Å². The first-order valence-electron chi connectivity index (χ1n) is 6.73. The second kappa shape index (κ2) is 7.21. The molecular weight excluding hydrogens is 331 g/mol. The average Bonchev–Trinajstić information content (AvgIpc) is 2.94. The molecule has 0 spiro atoms. The van der Waals surface area contributed by atoms with Crippen molar-refractivity contribution < 1.29 is 9.26 Å². The molecular formula is C13H16Cl2N4O3. The van der Waals surface area contributed by atoms with Gasteiger partial charge in [-0.3, -0.25) is 4.79 Å². The molecule has 0 radical (unpaired) electrons. The van der Waals surface area contributed by atoms with Crippen molar-refractivity contribution in [2.24, 2.45) is 5.92 Å². The van der Waals surface area contributed by atoms with E-state index in [4.69, 9.17) is 32.5 Å². The summed E-state index contributed by atoms with van der Waals surface area (Å²) < 4.78 is 11.8. The first kappa shape index (κ1) is 16.9.